The molecule has 0 spiro atoms. The number of pyridine rings is 1. The molecule has 1 aromatic carbocycles. The van der Waals surface area contributed by atoms with Crippen molar-refractivity contribution in [3.05, 3.63) is 66.1 Å². The van der Waals surface area contributed by atoms with Crippen molar-refractivity contribution in [3.63, 3.8) is 0 Å². The molecule has 0 unspecified atom stereocenters. The first-order valence-electron chi connectivity index (χ1n) is 7.87. The number of benzene rings is 1. The van der Waals surface area contributed by atoms with Crippen LogP contribution in [-0.4, -0.2) is 25.5 Å². The van der Waals surface area contributed by atoms with Gasteiger partial charge in [0.2, 0.25) is 0 Å². The van der Waals surface area contributed by atoms with E-state index in [0.29, 0.717) is 5.56 Å². The maximum atomic E-state index is 11.4. The Balaban J connectivity index is 1.62. The number of carbonyl (C=O) groups is 1. The van der Waals surface area contributed by atoms with E-state index in [1.54, 1.807) is 29.7 Å². The summed E-state index contributed by atoms with van der Waals surface area (Å²) >= 11 is 1.54. The van der Waals surface area contributed by atoms with Gasteiger partial charge in [-0.05, 0) is 43.3 Å². The summed E-state index contributed by atoms with van der Waals surface area (Å²) in [5.41, 5.74) is 5.60. The number of hydrogen-bond acceptors (Lipinski definition) is 6. The number of aryl methyl sites for hydroxylation is 1. The number of amides is 1. The van der Waals surface area contributed by atoms with Crippen molar-refractivity contribution in [1.82, 2.24) is 19.8 Å². The lowest BCUT2D eigenvalue weighted by molar-refractivity contribution is 0.0706. The Hall–Kier alpha value is -3.23. The molecule has 4 aromatic rings. The normalized spacial score (nSPS) is 10.8. The molecule has 0 atom stereocenters. The second-order valence-electron chi connectivity index (χ2n) is 5.65. The van der Waals surface area contributed by atoms with Crippen LogP contribution in [0.3, 0.4) is 0 Å². The molecule has 4 rings (SSSR count). The van der Waals surface area contributed by atoms with E-state index in [0.717, 1.165) is 32.7 Å². The SMILES string of the molecule is Cc1nc(Nc2ccc(C(=O)NO)cc2)sc1-c1cnc2ccccn12. The Bertz CT molecular complexity index is 1080. The van der Waals surface area contributed by atoms with Crippen LogP contribution in [0.15, 0.2) is 54.9 Å². The van der Waals surface area contributed by atoms with Gasteiger partial charge in [-0.1, -0.05) is 17.4 Å². The predicted octanol–water partition coefficient (Wildman–Crippen LogP) is 3.63. The van der Waals surface area contributed by atoms with Crippen LogP contribution in [-0.2, 0) is 0 Å². The first-order valence-corrected chi connectivity index (χ1v) is 8.69. The molecule has 3 N–H and O–H groups in total. The third-order valence-corrected chi connectivity index (χ3v) is 5.04. The Kier molecular flexibility index (Phi) is 4.11. The second kappa shape index (κ2) is 6.58. The van der Waals surface area contributed by atoms with Crippen molar-refractivity contribution in [2.75, 3.05) is 5.32 Å². The van der Waals surface area contributed by atoms with Crippen LogP contribution >= 0.6 is 11.3 Å². The van der Waals surface area contributed by atoms with Crippen LogP contribution < -0.4 is 10.8 Å². The van der Waals surface area contributed by atoms with Crippen LogP contribution in [0.1, 0.15) is 16.1 Å². The summed E-state index contributed by atoms with van der Waals surface area (Å²) in [6.07, 6.45) is 3.83. The average Bonchev–Trinajstić information content (AvgIpc) is 3.24. The summed E-state index contributed by atoms with van der Waals surface area (Å²) in [5, 5.41) is 12.7. The van der Waals surface area contributed by atoms with Crippen LogP contribution in [0.5, 0.6) is 0 Å². The third-order valence-electron chi connectivity index (χ3n) is 3.95. The summed E-state index contributed by atoms with van der Waals surface area (Å²) < 4.78 is 2.03. The molecule has 0 bridgehead atoms. The number of aromatic nitrogens is 3. The van der Waals surface area contributed by atoms with Crippen molar-refractivity contribution >= 4 is 33.7 Å². The predicted molar refractivity (Wildman–Crippen MR) is 100 cm³/mol. The van der Waals surface area contributed by atoms with E-state index >= 15 is 0 Å². The molecule has 0 aliphatic rings. The number of nitrogens with zero attached hydrogens (tertiary/aromatic N) is 3. The molecule has 0 saturated carbocycles. The van der Waals surface area contributed by atoms with Crippen molar-refractivity contribution in [2.24, 2.45) is 0 Å². The number of thiazole rings is 1. The Morgan fingerprint density at radius 3 is 2.77 bits per heavy atom. The fraction of sp³-hybridized carbons (Fsp3) is 0.0556. The number of hydrogen-bond donors (Lipinski definition) is 3. The van der Waals surface area contributed by atoms with E-state index in [-0.39, 0.29) is 0 Å². The first kappa shape index (κ1) is 16.2. The number of imidazole rings is 1. The minimum atomic E-state index is -0.545. The van der Waals surface area contributed by atoms with Crippen LogP contribution in [0.4, 0.5) is 10.8 Å². The standard InChI is InChI=1S/C18H15N5O2S/c1-11-16(14-10-19-15-4-2-3-9-23(14)15)26-18(20-11)21-13-7-5-12(6-8-13)17(24)22-25/h2-10,25H,1H3,(H,20,21)(H,22,24). The molecule has 130 valence electrons. The van der Waals surface area contributed by atoms with Gasteiger partial charge in [-0.2, -0.15) is 0 Å². The third kappa shape index (κ3) is 2.92. The van der Waals surface area contributed by atoms with Crippen LogP contribution in [0, 0.1) is 6.92 Å². The smallest absolute Gasteiger partial charge is 0.274 e. The first-order chi connectivity index (χ1) is 12.7. The van der Waals surface area contributed by atoms with Crippen molar-refractivity contribution < 1.29 is 10.0 Å². The molecule has 0 aliphatic heterocycles. The summed E-state index contributed by atoms with van der Waals surface area (Å²) in [7, 11) is 0. The lowest BCUT2D eigenvalue weighted by atomic mass is 10.2. The molecule has 0 aliphatic carbocycles. The summed E-state index contributed by atoms with van der Waals surface area (Å²) in [4.78, 5) is 21.4. The highest BCUT2D eigenvalue weighted by Crippen LogP contribution is 2.34. The number of anilines is 2. The van der Waals surface area contributed by atoms with Gasteiger partial charge in [0.25, 0.3) is 5.91 Å². The highest BCUT2D eigenvalue weighted by atomic mass is 32.1. The van der Waals surface area contributed by atoms with Gasteiger partial charge in [0.05, 0.1) is 22.5 Å². The van der Waals surface area contributed by atoms with E-state index in [2.05, 4.69) is 15.3 Å². The lowest BCUT2D eigenvalue weighted by Crippen LogP contribution is -2.18. The van der Waals surface area contributed by atoms with Gasteiger partial charge in [0.1, 0.15) is 5.65 Å². The molecular weight excluding hydrogens is 350 g/mol. The van der Waals surface area contributed by atoms with Crippen LogP contribution in [0.25, 0.3) is 16.2 Å². The molecule has 8 heteroatoms. The zero-order valence-electron chi connectivity index (χ0n) is 13.8. The number of nitrogens with one attached hydrogen (secondary N) is 2. The zero-order valence-corrected chi connectivity index (χ0v) is 14.6. The topological polar surface area (TPSA) is 91.5 Å². The number of fused-ring (bicyclic) bond motifs is 1. The fourth-order valence-electron chi connectivity index (χ4n) is 2.68. The van der Waals surface area contributed by atoms with E-state index in [9.17, 15) is 4.79 Å². The lowest BCUT2D eigenvalue weighted by Gasteiger charge is -2.03. The van der Waals surface area contributed by atoms with Gasteiger partial charge in [-0.25, -0.2) is 15.4 Å². The van der Waals surface area contributed by atoms with Crippen molar-refractivity contribution in [3.8, 4) is 10.6 Å². The highest BCUT2D eigenvalue weighted by molar-refractivity contribution is 7.19. The second-order valence-corrected chi connectivity index (χ2v) is 6.65. The molecule has 7 nitrogen and oxygen atoms in total. The van der Waals surface area contributed by atoms with Gasteiger partial charge < -0.3 is 5.32 Å². The van der Waals surface area contributed by atoms with Gasteiger partial charge in [0, 0.05) is 17.4 Å². The highest BCUT2D eigenvalue weighted by Gasteiger charge is 2.14. The fourth-order valence-corrected chi connectivity index (χ4v) is 3.67. The minimum absolute atomic E-state index is 0.375. The molecule has 3 heterocycles. The molecule has 0 saturated heterocycles. The molecular formula is C18H15N5O2S. The van der Waals surface area contributed by atoms with E-state index in [1.165, 1.54) is 11.3 Å². The average molecular weight is 365 g/mol. The van der Waals surface area contributed by atoms with Crippen molar-refractivity contribution in [2.45, 2.75) is 6.92 Å². The maximum Gasteiger partial charge on any atom is 0.274 e. The monoisotopic (exact) mass is 365 g/mol. The molecule has 3 aromatic heterocycles. The molecule has 0 fully saturated rings. The maximum absolute atomic E-state index is 11.4. The summed E-state index contributed by atoms with van der Waals surface area (Å²) in [5.74, 6) is -0.545. The molecule has 26 heavy (non-hydrogen) atoms. The number of rotatable bonds is 4. The quantitative estimate of drug-likeness (QED) is 0.379. The Labute approximate surface area is 152 Å². The Morgan fingerprint density at radius 1 is 1.19 bits per heavy atom. The van der Waals surface area contributed by atoms with E-state index in [1.807, 2.05) is 41.9 Å². The largest absolute Gasteiger partial charge is 0.332 e. The van der Waals surface area contributed by atoms with Crippen LogP contribution in [0.2, 0.25) is 0 Å². The zero-order chi connectivity index (χ0) is 18.1. The van der Waals surface area contributed by atoms with E-state index < -0.39 is 5.91 Å². The van der Waals surface area contributed by atoms with Gasteiger partial charge in [-0.15, -0.1) is 0 Å². The summed E-state index contributed by atoms with van der Waals surface area (Å²) in [6.45, 7) is 1.97. The number of carbonyl (C=O) groups excluding carboxylic acids is 1. The van der Waals surface area contributed by atoms with Gasteiger partial charge >= 0.3 is 0 Å². The molecule has 0 radical (unpaired) electrons. The van der Waals surface area contributed by atoms with Crippen molar-refractivity contribution in [1.29, 1.82) is 0 Å². The van der Waals surface area contributed by atoms with Gasteiger partial charge in [0.15, 0.2) is 5.13 Å². The number of hydroxylamine groups is 1. The minimum Gasteiger partial charge on any atom is -0.332 e. The van der Waals surface area contributed by atoms with E-state index in [4.69, 9.17) is 5.21 Å². The Morgan fingerprint density at radius 2 is 2.00 bits per heavy atom. The molecule has 1 amide bonds. The van der Waals surface area contributed by atoms with Gasteiger partial charge in [-0.3, -0.25) is 14.4 Å². The summed E-state index contributed by atoms with van der Waals surface area (Å²) in [6, 6.07) is 12.7.